The summed E-state index contributed by atoms with van der Waals surface area (Å²) in [6.07, 6.45) is 3.09. The van der Waals surface area contributed by atoms with Gasteiger partial charge in [0.2, 0.25) is 0 Å². The molecule has 1 atom stereocenters. The highest BCUT2D eigenvalue weighted by molar-refractivity contribution is 4.94. The van der Waals surface area contributed by atoms with Crippen LogP contribution in [-0.2, 0) is 13.0 Å². The lowest BCUT2D eigenvalue weighted by Crippen LogP contribution is -2.43. The minimum atomic E-state index is -1.02. The van der Waals surface area contributed by atoms with Gasteiger partial charge in [-0.25, -0.2) is 4.98 Å². The van der Waals surface area contributed by atoms with Crippen LogP contribution in [0.4, 0.5) is 0 Å². The molecule has 0 spiro atoms. The van der Waals surface area contributed by atoms with Crippen LogP contribution in [0.15, 0.2) is 6.33 Å². The molecule has 1 unspecified atom stereocenters. The van der Waals surface area contributed by atoms with Gasteiger partial charge in [0.1, 0.15) is 12.2 Å². The number of aryl methyl sites for hydroxylation is 1. The maximum absolute atomic E-state index is 10.2. The van der Waals surface area contributed by atoms with Crippen LogP contribution in [-0.4, -0.2) is 36.7 Å². The van der Waals surface area contributed by atoms with E-state index in [4.69, 9.17) is 0 Å². The normalized spacial score (nSPS) is 13.9. The van der Waals surface area contributed by atoms with Crippen molar-refractivity contribution in [1.29, 1.82) is 0 Å². The highest BCUT2D eigenvalue weighted by Gasteiger charge is 2.32. The molecule has 17 heavy (non-hydrogen) atoms. The van der Waals surface area contributed by atoms with Gasteiger partial charge in [-0.15, -0.1) is 0 Å². The van der Waals surface area contributed by atoms with Gasteiger partial charge in [0.05, 0.1) is 11.7 Å². The summed E-state index contributed by atoms with van der Waals surface area (Å²) in [7, 11) is 0. The maximum atomic E-state index is 10.2. The van der Waals surface area contributed by atoms with Gasteiger partial charge in [-0.3, -0.25) is 4.68 Å². The maximum Gasteiger partial charge on any atom is 0.138 e. The van der Waals surface area contributed by atoms with Crippen LogP contribution in [0.5, 0.6) is 0 Å². The lowest BCUT2D eigenvalue weighted by atomic mass is 9.89. The van der Waals surface area contributed by atoms with E-state index in [-0.39, 0.29) is 0 Å². The zero-order valence-electron chi connectivity index (χ0n) is 10.9. The number of hydrogen-bond acceptors (Lipinski definition) is 4. The summed E-state index contributed by atoms with van der Waals surface area (Å²) in [5.41, 5.74) is -1.02. The van der Waals surface area contributed by atoms with Gasteiger partial charge in [-0.05, 0) is 19.3 Å². The van der Waals surface area contributed by atoms with E-state index in [2.05, 4.69) is 17.0 Å². The van der Waals surface area contributed by atoms with E-state index in [1.165, 1.54) is 6.33 Å². The Labute approximate surface area is 102 Å². The lowest BCUT2D eigenvalue weighted by molar-refractivity contribution is -0.0800. The monoisotopic (exact) mass is 241 g/mol. The highest BCUT2D eigenvalue weighted by Crippen LogP contribution is 2.22. The predicted octanol–water partition coefficient (Wildman–Crippen LogP) is 1.14. The Bertz CT molecular complexity index is 334. The SMILES string of the molecule is CCCn1ncnc1CC(O)C(O)(CC)CC. The molecule has 0 aliphatic carbocycles. The number of rotatable bonds is 7. The fourth-order valence-corrected chi connectivity index (χ4v) is 1.93. The van der Waals surface area contributed by atoms with Gasteiger partial charge in [0.15, 0.2) is 0 Å². The molecule has 0 saturated heterocycles. The number of aliphatic hydroxyl groups excluding tert-OH is 1. The van der Waals surface area contributed by atoms with E-state index in [1.54, 1.807) is 4.68 Å². The summed E-state index contributed by atoms with van der Waals surface area (Å²) in [5, 5.41) is 24.4. The smallest absolute Gasteiger partial charge is 0.138 e. The van der Waals surface area contributed by atoms with Gasteiger partial charge in [-0.1, -0.05) is 20.8 Å². The summed E-state index contributed by atoms with van der Waals surface area (Å²) in [6.45, 7) is 6.61. The second kappa shape index (κ2) is 6.12. The zero-order valence-corrected chi connectivity index (χ0v) is 10.9. The van der Waals surface area contributed by atoms with Crippen LogP contribution < -0.4 is 0 Å². The molecule has 5 heteroatoms. The third-order valence-corrected chi connectivity index (χ3v) is 3.35. The summed E-state index contributed by atoms with van der Waals surface area (Å²) in [6, 6.07) is 0. The van der Waals surface area contributed by atoms with Crippen LogP contribution in [0.3, 0.4) is 0 Å². The van der Waals surface area contributed by atoms with Crippen molar-refractivity contribution < 1.29 is 10.2 Å². The van der Waals surface area contributed by atoms with Crippen LogP contribution in [0.25, 0.3) is 0 Å². The van der Waals surface area contributed by atoms with Crippen molar-refractivity contribution in [2.45, 2.75) is 64.7 Å². The quantitative estimate of drug-likeness (QED) is 0.751. The summed E-state index contributed by atoms with van der Waals surface area (Å²) in [5.74, 6) is 0.736. The minimum Gasteiger partial charge on any atom is -0.390 e. The largest absolute Gasteiger partial charge is 0.390 e. The molecule has 0 aromatic carbocycles. The van der Waals surface area contributed by atoms with Gasteiger partial charge >= 0.3 is 0 Å². The fourth-order valence-electron chi connectivity index (χ4n) is 1.93. The van der Waals surface area contributed by atoms with Gasteiger partial charge in [0, 0.05) is 13.0 Å². The van der Waals surface area contributed by atoms with Gasteiger partial charge < -0.3 is 10.2 Å². The first-order chi connectivity index (χ1) is 8.07. The van der Waals surface area contributed by atoms with E-state index in [1.807, 2.05) is 13.8 Å². The van der Waals surface area contributed by atoms with Crippen molar-refractivity contribution in [2.75, 3.05) is 0 Å². The summed E-state index contributed by atoms with van der Waals surface area (Å²) < 4.78 is 1.79. The second-order valence-electron chi connectivity index (χ2n) is 4.43. The molecule has 0 radical (unpaired) electrons. The molecule has 0 aliphatic rings. The fraction of sp³-hybridized carbons (Fsp3) is 0.833. The Morgan fingerprint density at radius 1 is 1.35 bits per heavy atom. The first-order valence-corrected chi connectivity index (χ1v) is 6.34. The molecule has 98 valence electrons. The first-order valence-electron chi connectivity index (χ1n) is 6.34. The number of hydrogen-bond donors (Lipinski definition) is 2. The second-order valence-corrected chi connectivity index (χ2v) is 4.43. The van der Waals surface area contributed by atoms with Crippen molar-refractivity contribution in [3.05, 3.63) is 12.2 Å². The Balaban J connectivity index is 2.73. The molecule has 0 saturated carbocycles. The molecule has 0 bridgehead atoms. The summed E-state index contributed by atoms with van der Waals surface area (Å²) in [4.78, 5) is 4.14. The van der Waals surface area contributed by atoms with Crippen LogP contribution >= 0.6 is 0 Å². The number of aliphatic hydroxyl groups is 2. The van der Waals surface area contributed by atoms with E-state index in [0.29, 0.717) is 19.3 Å². The molecule has 5 nitrogen and oxygen atoms in total. The molecular formula is C12H23N3O2. The Morgan fingerprint density at radius 3 is 2.53 bits per heavy atom. The van der Waals surface area contributed by atoms with Crippen molar-refractivity contribution >= 4 is 0 Å². The number of nitrogens with zero attached hydrogens (tertiary/aromatic N) is 3. The van der Waals surface area contributed by atoms with Crippen LogP contribution in [0.1, 0.15) is 45.9 Å². The Kier molecular flexibility index (Phi) is 5.08. The standard InChI is InChI=1S/C12H23N3O2/c1-4-7-15-11(13-9-14-15)8-10(16)12(17,5-2)6-3/h9-10,16-17H,4-8H2,1-3H3. The molecule has 1 heterocycles. The third-order valence-electron chi connectivity index (χ3n) is 3.35. The molecule has 0 fully saturated rings. The van der Waals surface area contributed by atoms with E-state index < -0.39 is 11.7 Å². The zero-order chi connectivity index (χ0) is 12.9. The van der Waals surface area contributed by atoms with Gasteiger partial charge in [0.25, 0.3) is 0 Å². The predicted molar refractivity (Wildman–Crippen MR) is 65.6 cm³/mol. The van der Waals surface area contributed by atoms with Gasteiger partial charge in [-0.2, -0.15) is 5.10 Å². The van der Waals surface area contributed by atoms with Crippen molar-refractivity contribution in [3.63, 3.8) is 0 Å². The lowest BCUT2D eigenvalue weighted by Gasteiger charge is -2.30. The highest BCUT2D eigenvalue weighted by atomic mass is 16.3. The minimum absolute atomic E-state index is 0.345. The molecular weight excluding hydrogens is 218 g/mol. The summed E-state index contributed by atoms with van der Waals surface area (Å²) >= 11 is 0. The van der Waals surface area contributed by atoms with Crippen LogP contribution in [0, 0.1) is 0 Å². The molecule has 1 aromatic rings. The van der Waals surface area contributed by atoms with Crippen molar-refractivity contribution in [1.82, 2.24) is 14.8 Å². The van der Waals surface area contributed by atoms with E-state index >= 15 is 0 Å². The van der Waals surface area contributed by atoms with E-state index in [0.717, 1.165) is 18.8 Å². The average Bonchev–Trinajstić information content (AvgIpc) is 2.76. The Hall–Kier alpha value is -0.940. The molecule has 0 amide bonds. The molecule has 1 aromatic heterocycles. The first kappa shape index (κ1) is 14.1. The Morgan fingerprint density at radius 2 is 2.00 bits per heavy atom. The van der Waals surface area contributed by atoms with Crippen LogP contribution in [0.2, 0.25) is 0 Å². The average molecular weight is 241 g/mol. The number of aromatic nitrogens is 3. The molecule has 0 aliphatic heterocycles. The molecule has 1 rings (SSSR count). The molecule has 2 N–H and O–H groups in total. The topological polar surface area (TPSA) is 71.2 Å². The third kappa shape index (κ3) is 3.26. The van der Waals surface area contributed by atoms with Crippen molar-refractivity contribution in [3.8, 4) is 0 Å². The van der Waals surface area contributed by atoms with E-state index in [9.17, 15) is 10.2 Å². The van der Waals surface area contributed by atoms with Crippen molar-refractivity contribution in [2.24, 2.45) is 0 Å².